The van der Waals surface area contributed by atoms with E-state index in [2.05, 4.69) is 19.9 Å². The molecule has 0 radical (unpaired) electrons. The Labute approximate surface area is 95.2 Å². The van der Waals surface area contributed by atoms with E-state index in [4.69, 9.17) is 5.26 Å². The van der Waals surface area contributed by atoms with Gasteiger partial charge in [0, 0.05) is 11.6 Å². The number of carbonyl (C=O) groups excluding carboxylic acids is 1. The topological polar surface area (TPSA) is 40.9 Å². The van der Waals surface area contributed by atoms with Crippen LogP contribution in [-0.2, 0) is 0 Å². The molecule has 16 heavy (non-hydrogen) atoms. The molecule has 1 aliphatic carbocycles. The number of aldehydes is 1. The van der Waals surface area contributed by atoms with Gasteiger partial charge >= 0.3 is 0 Å². The molecule has 1 aliphatic rings. The first-order valence-electron chi connectivity index (χ1n) is 5.38. The Morgan fingerprint density at radius 3 is 2.69 bits per heavy atom. The maximum Gasteiger partial charge on any atom is 0.150 e. The Kier molecular flexibility index (Phi) is 2.62. The molecule has 0 spiro atoms. The fourth-order valence-corrected chi connectivity index (χ4v) is 2.36. The van der Waals surface area contributed by atoms with Crippen molar-refractivity contribution < 1.29 is 4.79 Å². The minimum absolute atomic E-state index is 0.344. The summed E-state index contributed by atoms with van der Waals surface area (Å²) in [5, 5.41) is 8.79. The van der Waals surface area contributed by atoms with Crippen molar-refractivity contribution in [2.24, 2.45) is 5.92 Å². The third-order valence-corrected chi connectivity index (χ3v) is 3.48. The van der Waals surface area contributed by atoms with Crippen LogP contribution in [0.25, 0.3) is 5.57 Å². The molecule has 0 bridgehead atoms. The molecule has 0 N–H and O–H groups in total. The summed E-state index contributed by atoms with van der Waals surface area (Å²) in [6, 6.07) is 7.81. The standard InChI is InChI=1S/C14H13NO/c1-9-10(2)13(5-6-15)14-7-11(8-16)3-4-12(9)14/h3-5,7-10H,1-2H3/b13-5+. The molecule has 1 aromatic carbocycles. The Morgan fingerprint density at radius 1 is 1.31 bits per heavy atom. The molecule has 0 amide bonds. The van der Waals surface area contributed by atoms with Gasteiger partial charge in [-0.3, -0.25) is 4.79 Å². The largest absolute Gasteiger partial charge is 0.298 e. The number of nitriles is 1. The van der Waals surface area contributed by atoms with Crippen LogP contribution in [0.3, 0.4) is 0 Å². The smallest absolute Gasteiger partial charge is 0.150 e. The third-order valence-electron chi connectivity index (χ3n) is 3.48. The van der Waals surface area contributed by atoms with Crippen molar-refractivity contribution in [3.8, 4) is 6.07 Å². The highest BCUT2D eigenvalue weighted by atomic mass is 16.1. The zero-order valence-electron chi connectivity index (χ0n) is 9.40. The van der Waals surface area contributed by atoms with Crippen molar-refractivity contribution in [1.29, 1.82) is 5.26 Å². The van der Waals surface area contributed by atoms with Gasteiger partial charge < -0.3 is 0 Å². The minimum Gasteiger partial charge on any atom is -0.298 e. The van der Waals surface area contributed by atoms with Gasteiger partial charge in [0.1, 0.15) is 6.29 Å². The maximum absolute atomic E-state index is 10.7. The number of fused-ring (bicyclic) bond motifs is 1. The van der Waals surface area contributed by atoms with Crippen LogP contribution in [0.1, 0.15) is 41.3 Å². The van der Waals surface area contributed by atoms with Gasteiger partial charge in [-0.1, -0.05) is 26.0 Å². The average Bonchev–Trinajstić information content (AvgIpc) is 2.54. The lowest BCUT2D eigenvalue weighted by atomic mass is 9.94. The molecular weight excluding hydrogens is 198 g/mol. The minimum atomic E-state index is 0.344. The van der Waals surface area contributed by atoms with Gasteiger partial charge in [-0.05, 0) is 34.6 Å². The van der Waals surface area contributed by atoms with Crippen LogP contribution in [0.2, 0.25) is 0 Å². The Morgan fingerprint density at radius 2 is 2.06 bits per heavy atom. The molecule has 0 heterocycles. The molecule has 0 aromatic heterocycles. The number of hydrogen-bond donors (Lipinski definition) is 0. The lowest BCUT2D eigenvalue weighted by molar-refractivity contribution is 0.112. The van der Waals surface area contributed by atoms with Crippen molar-refractivity contribution in [3.05, 3.63) is 41.0 Å². The lowest BCUT2D eigenvalue weighted by Crippen LogP contribution is -1.97. The van der Waals surface area contributed by atoms with E-state index in [0.717, 1.165) is 17.4 Å². The Hall–Kier alpha value is -1.88. The quantitative estimate of drug-likeness (QED) is 0.529. The number of allylic oxidation sites excluding steroid dienone is 2. The van der Waals surface area contributed by atoms with Gasteiger partial charge in [0.25, 0.3) is 0 Å². The highest BCUT2D eigenvalue weighted by Crippen LogP contribution is 2.45. The molecule has 2 rings (SSSR count). The molecule has 0 saturated carbocycles. The van der Waals surface area contributed by atoms with E-state index in [0.29, 0.717) is 17.4 Å². The SMILES string of the molecule is CC1/C(=C\C#N)c2cc(C=O)ccc2C1C. The summed E-state index contributed by atoms with van der Waals surface area (Å²) in [5.41, 5.74) is 4.02. The van der Waals surface area contributed by atoms with Gasteiger partial charge in [-0.15, -0.1) is 0 Å². The molecule has 1 aromatic rings. The fraction of sp³-hybridized carbons (Fsp3) is 0.286. The average molecular weight is 211 g/mol. The first-order chi connectivity index (χ1) is 7.69. The fourth-order valence-electron chi connectivity index (χ4n) is 2.36. The molecule has 2 atom stereocenters. The Balaban J connectivity index is 2.63. The second-order valence-corrected chi connectivity index (χ2v) is 4.27. The predicted molar refractivity (Wildman–Crippen MR) is 63.0 cm³/mol. The first kappa shape index (κ1) is 10.6. The van der Waals surface area contributed by atoms with E-state index in [1.807, 2.05) is 18.2 Å². The summed E-state index contributed by atoms with van der Waals surface area (Å²) in [4.78, 5) is 10.7. The van der Waals surface area contributed by atoms with Crippen molar-refractivity contribution >= 4 is 11.9 Å². The normalized spacial score (nSPS) is 25.2. The number of benzene rings is 1. The van der Waals surface area contributed by atoms with E-state index < -0.39 is 0 Å². The monoisotopic (exact) mass is 211 g/mol. The summed E-state index contributed by atoms with van der Waals surface area (Å²) in [6.45, 7) is 4.27. The van der Waals surface area contributed by atoms with Crippen LogP contribution < -0.4 is 0 Å². The number of carbonyl (C=O) groups is 1. The summed E-state index contributed by atoms with van der Waals surface area (Å²) in [6.07, 6.45) is 2.44. The van der Waals surface area contributed by atoms with Crippen LogP contribution in [0.4, 0.5) is 0 Å². The molecule has 80 valence electrons. The van der Waals surface area contributed by atoms with E-state index in [-0.39, 0.29) is 0 Å². The zero-order chi connectivity index (χ0) is 11.7. The van der Waals surface area contributed by atoms with E-state index in [1.165, 1.54) is 5.56 Å². The summed E-state index contributed by atoms with van der Waals surface area (Å²) in [7, 11) is 0. The first-order valence-corrected chi connectivity index (χ1v) is 5.38. The molecular formula is C14H13NO. The second-order valence-electron chi connectivity index (χ2n) is 4.27. The number of nitrogens with zero attached hydrogens (tertiary/aromatic N) is 1. The van der Waals surface area contributed by atoms with Crippen LogP contribution in [0.5, 0.6) is 0 Å². The van der Waals surface area contributed by atoms with E-state index in [1.54, 1.807) is 6.08 Å². The predicted octanol–water partition coefficient (Wildman–Crippen LogP) is 3.16. The van der Waals surface area contributed by atoms with Crippen molar-refractivity contribution in [3.63, 3.8) is 0 Å². The van der Waals surface area contributed by atoms with Crippen LogP contribution >= 0.6 is 0 Å². The molecule has 2 unspecified atom stereocenters. The molecule has 0 saturated heterocycles. The second kappa shape index (κ2) is 3.94. The maximum atomic E-state index is 10.7. The Bertz CT molecular complexity index is 508. The van der Waals surface area contributed by atoms with Gasteiger partial charge in [0.2, 0.25) is 0 Å². The van der Waals surface area contributed by atoms with Crippen LogP contribution in [0, 0.1) is 17.2 Å². The molecule has 0 fully saturated rings. The van der Waals surface area contributed by atoms with E-state index in [9.17, 15) is 4.79 Å². The zero-order valence-corrected chi connectivity index (χ0v) is 9.40. The third kappa shape index (κ3) is 1.45. The van der Waals surface area contributed by atoms with Gasteiger partial charge in [-0.25, -0.2) is 0 Å². The molecule has 2 heteroatoms. The molecule has 2 nitrogen and oxygen atoms in total. The van der Waals surface area contributed by atoms with Gasteiger partial charge in [-0.2, -0.15) is 5.26 Å². The molecule has 0 aliphatic heterocycles. The lowest BCUT2D eigenvalue weighted by Gasteiger charge is -2.09. The van der Waals surface area contributed by atoms with Crippen LogP contribution in [0.15, 0.2) is 24.3 Å². The summed E-state index contributed by atoms with van der Waals surface area (Å²) in [5.74, 6) is 0.756. The highest BCUT2D eigenvalue weighted by Gasteiger charge is 2.30. The summed E-state index contributed by atoms with van der Waals surface area (Å²) < 4.78 is 0. The number of rotatable bonds is 1. The van der Waals surface area contributed by atoms with Crippen molar-refractivity contribution in [2.45, 2.75) is 19.8 Å². The van der Waals surface area contributed by atoms with Gasteiger partial charge in [0.15, 0.2) is 0 Å². The highest BCUT2D eigenvalue weighted by molar-refractivity contribution is 5.83. The summed E-state index contributed by atoms with van der Waals surface area (Å²) >= 11 is 0. The van der Waals surface area contributed by atoms with Crippen molar-refractivity contribution in [2.75, 3.05) is 0 Å². The van der Waals surface area contributed by atoms with E-state index >= 15 is 0 Å². The number of hydrogen-bond acceptors (Lipinski definition) is 2. The van der Waals surface area contributed by atoms with Crippen molar-refractivity contribution in [1.82, 2.24) is 0 Å². The van der Waals surface area contributed by atoms with Crippen LogP contribution in [-0.4, -0.2) is 6.29 Å². The van der Waals surface area contributed by atoms with Gasteiger partial charge in [0.05, 0.1) is 6.07 Å².